The van der Waals surface area contributed by atoms with E-state index in [2.05, 4.69) is 68.3 Å². The SMILES string of the molecule is CC/C=C(\C=C1\C=C(C(C)(C)C)N(CC(N)CO)C1)NC(=O)C1(c2ccc3c(c2)CCO3)CC1. The minimum Gasteiger partial charge on any atom is -0.493 e. The summed E-state index contributed by atoms with van der Waals surface area (Å²) in [6.45, 7) is 10.6. The molecule has 2 aliphatic heterocycles. The van der Waals surface area contributed by atoms with Crippen LogP contribution in [0.1, 0.15) is 58.1 Å². The zero-order valence-corrected chi connectivity index (χ0v) is 21.0. The van der Waals surface area contributed by atoms with Crippen LogP contribution in [-0.2, 0) is 16.6 Å². The summed E-state index contributed by atoms with van der Waals surface area (Å²) >= 11 is 0. The maximum atomic E-state index is 13.5. The standard InChI is InChI=1S/C28H39N3O3/c1-5-6-23(13-19-14-25(27(2,3)4)31(16-19)17-22(29)18-32)30-26(33)28(10-11-28)21-7-8-24-20(15-21)9-12-34-24/h6-8,13-15,22,32H,5,9-12,16-18,29H2,1-4H3,(H,30,33)/b19-13-,23-6+. The highest BCUT2D eigenvalue weighted by molar-refractivity contribution is 5.92. The highest BCUT2D eigenvalue weighted by Gasteiger charge is 2.51. The summed E-state index contributed by atoms with van der Waals surface area (Å²) in [5.74, 6) is 1.02. The Morgan fingerprint density at radius 1 is 1.35 bits per heavy atom. The van der Waals surface area contributed by atoms with Gasteiger partial charge in [-0.2, -0.15) is 0 Å². The molecular formula is C28H39N3O3. The molecule has 6 nitrogen and oxygen atoms in total. The maximum Gasteiger partial charge on any atom is 0.235 e. The number of hydrogen-bond donors (Lipinski definition) is 3. The van der Waals surface area contributed by atoms with Crippen molar-refractivity contribution in [1.29, 1.82) is 0 Å². The van der Waals surface area contributed by atoms with E-state index in [0.29, 0.717) is 13.1 Å². The van der Waals surface area contributed by atoms with Gasteiger partial charge in [-0.3, -0.25) is 4.79 Å². The van der Waals surface area contributed by atoms with Gasteiger partial charge in [0.15, 0.2) is 0 Å². The van der Waals surface area contributed by atoms with E-state index in [1.807, 2.05) is 6.07 Å². The van der Waals surface area contributed by atoms with Crippen molar-refractivity contribution >= 4 is 5.91 Å². The predicted octanol–water partition coefficient (Wildman–Crippen LogP) is 3.55. The number of benzene rings is 1. The topological polar surface area (TPSA) is 87.8 Å². The van der Waals surface area contributed by atoms with Gasteiger partial charge in [0.25, 0.3) is 0 Å². The number of nitrogens with one attached hydrogen (secondary N) is 1. The molecule has 1 aromatic carbocycles. The van der Waals surface area contributed by atoms with E-state index in [4.69, 9.17) is 10.5 Å². The molecule has 3 aliphatic rings. The fraction of sp³-hybridized carbons (Fsp3) is 0.536. The Bertz CT molecular complexity index is 1030. The molecule has 0 bridgehead atoms. The highest BCUT2D eigenvalue weighted by atomic mass is 16.5. The van der Waals surface area contributed by atoms with Gasteiger partial charge in [0, 0.05) is 42.4 Å². The summed E-state index contributed by atoms with van der Waals surface area (Å²) in [4.78, 5) is 15.7. The Kier molecular flexibility index (Phi) is 6.92. The van der Waals surface area contributed by atoms with Crippen LogP contribution in [0, 0.1) is 5.41 Å². The van der Waals surface area contributed by atoms with E-state index < -0.39 is 5.41 Å². The number of allylic oxidation sites excluding steroid dienone is 3. The van der Waals surface area contributed by atoms with Gasteiger partial charge >= 0.3 is 0 Å². The molecule has 0 saturated heterocycles. The molecule has 1 atom stereocenters. The van der Waals surface area contributed by atoms with Crippen LogP contribution in [-0.4, -0.2) is 48.3 Å². The average molecular weight is 466 g/mol. The number of aliphatic hydroxyl groups excluding tert-OH is 1. The second-order valence-electron chi connectivity index (χ2n) is 10.8. The number of carbonyl (C=O) groups is 1. The van der Waals surface area contributed by atoms with Crippen molar-refractivity contribution in [2.24, 2.45) is 11.1 Å². The smallest absolute Gasteiger partial charge is 0.235 e. The van der Waals surface area contributed by atoms with Crippen molar-refractivity contribution in [2.45, 2.75) is 64.8 Å². The maximum absolute atomic E-state index is 13.5. The first-order chi connectivity index (χ1) is 16.2. The third-order valence-corrected chi connectivity index (χ3v) is 6.94. The van der Waals surface area contributed by atoms with Gasteiger partial charge in [0.05, 0.1) is 18.6 Å². The molecule has 1 aliphatic carbocycles. The van der Waals surface area contributed by atoms with Gasteiger partial charge in [0.1, 0.15) is 5.75 Å². The van der Waals surface area contributed by atoms with Crippen LogP contribution < -0.4 is 15.8 Å². The van der Waals surface area contributed by atoms with Crippen molar-refractivity contribution < 1.29 is 14.6 Å². The molecule has 34 heavy (non-hydrogen) atoms. The minimum absolute atomic E-state index is 0.0408. The Labute approximate surface area is 203 Å². The number of fused-ring (bicyclic) bond motifs is 1. The van der Waals surface area contributed by atoms with Crippen molar-refractivity contribution in [3.05, 3.63) is 64.5 Å². The first kappa shape index (κ1) is 24.6. The van der Waals surface area contributed by atoms with Crippen LogP contribution in [0.25, 0.3) is 0 Å². The number of rotatable bonds is 8. The third-order valence-electron chi connectivity index (χ3n) is 6.94. The number of amides is 1. The van der Waals surface area contributed by atoms with Gasteiger partial charge in [0.2, 0.25) is 5.91 Å². The van der Waals surface area contributed by atoms with E-state index >= 15 is 0 Å². The molecule has 0 spiro atoms. The lowest BCUT2D eigenvalue weighted by Gasteiger charge is -2.32. The molecule has 1 fully saturated rings. The molecule has 1 aromatic rings. The molecule has 0 radical (unpaired) electrons. The quantitative estimate of drug-likeness (QED) is 0.546. The monoisotopic (exact) mass is 465 g/mol. The largest absolute Gasteiger partial charge is 0.493 e. The lowest BCUT2D eigenvalue weighted by atomic mass is 9.91. The Morgan fingerprint density at radius 2 is 2.12 bits per heavy atom. The number of ether oxygens (including phenoxy) is 1. The summed E-state index contributed by atoms with van der Waals surface area (Å²) in [7, 11) is 0. The van der Waals surface area contributed by atoms with Crippen molar-refractivity contribution in [1.82, 2.24) is 10.2 Å². The fourth-order valence-corrected chi connectivity index (χ4v) is 4.97. The lowest BCUT2D eigenvalue weighted by molar-refractivity contribution is -0.122. The molecule has 1 saturated carbocycles. The summed E-state index contributed by atoms with van der Waals surface area (Å²) < 4.78 is 5.64. The van der Waals surface area contributed by atoms with Gasteiger partial charge in [-0.1, -0.05) is 45.9 Å². The molecular weight excluding hydrogens is 426 g/mol. The molecule has 1 amide bonds. The van der Waals surface area contributed by atoms with Gasteiger partial charge in [-0.05, 0) is 54.2 Å². The van der Waals surface area contributed by atoms with E-state index in [9.17, 15) is 9.90 Å². The Hall–Kier alpha value is -2.57. The molecule has 4 rings (SSSR count). The lowest BCUT2D eigenvalue weighted by Crippen LogP contribution is -2.40. The summed E-state index contributed by atoms with van der Waals surface area (Å²) in [5.41, 5.74) is 11.0. The number of hydrogen-bond acceptors (Lipinski definition) is 5. The highest BCUT2D eigenvalue weighted by Crippen LogP contribution is 2.49. The first-order valence-electron chi connectivity index (χ1n) is 12.5. The second-order valence-corrected chi connectivity index (χ2v) is 10.8. The van der Waals surface area contributed by atoms with Crippen LogP contribution in [0.3, 0.4) is 0 Å². The third kappa shape index (κ3) is 5.08. The van der Waals surface area contributed by atoms with Gasteiger partial charge in [-0.15, -0.1) is 0 Å². The predicted molar refractivity (Wildman–Crippen MR) is 135 cm³/mol. The number of nitrogens with zero attached hydrogens (tertiary/aromatic N) is 1. The average Bonchev–Trinajstić information content (AvgIpc) is 3.29. The van der Waals surface area contributed by atoms with E-state index in [-0.39, 0.29) is 24.0 Å². The second kappa shape index (κ2) is 9.59. The molecule has 4 N–H and O–H groups in total. The van der Waals surface area contributed by atoms with Crippen molar-refractivity contribution in [2.75, 3.05) is 26.3 Å². The van der Waals surface area contributed by atoms with Crippen LogP contribution >= 0.6 is 0 Å². The van der Waals surface area contributed by atoms with Gasteiger partial charge < -0.3 is 25.8 Å². The first-order valence-corrected chi connectivity index (χ1v) is 12.5. The molecule has 0 aromatic heterocycles. The van der Waals surface area contributed by atoms with Gasteiger partial charge in [-0.25, -0.2) is 0 Å². The Morgan fingerprint density at radius 3 is 2.76 bits per heavy atom. The van der Waals surface area contributed by atoms with Crippen LogP contribution in [0.15, 0.2) is 53.4 Å². The van der Waals surface area contributed by atoms with Crippen LogP contribution in [0.5, 0.6) is 5.75 Å². The normalized spacial score (nSPS) is 21.2. The summed E-state index contributed by atoms with van der Waals surface area (Å²) in [5, 5.41) is 12.7. The van der Waals surface area contributed by atoms with E-state index in [1.165, 1.54) is 11.3 Å². The fourth-order valence-electron chi connectivity index (χ4n) is 4.97. The van der Waals surface area contributed by atoms with Crippen molar-refractivity contribution in [3.63, 3.8) is 0 Å². The Balaban J connectivity index is 1.53. The van der Waals surface area contributed by atoms with E-state index in [1.54, 1.807) is 0 Å². The van der Waals surface area contributed by atoms with Crippen LogP contribution in [0.2, 0.25) is 0 Å². The van der Waals surface area contributed by atoms with E-state index in [0.717, 1.165) is 54.9 Å². The molecule has 1 unspecified atom stereocenters. The minimum atomic E-state index is -0.440. The summed E-state index contributed by atoms with van der Waals surface area (Å²) in [6.07, 6.45) is 9.84. The zero-order chi connectivity index (χ0) is 24.5. The van der Waals surface area contributed by atoms with Crippen molar-refractivity contribution in [3.8, 4) is 5.75 Å². The molecule has 2 heterocycles. The van der Waals surface area contributed by atoms with Crippen LogP contribution in [0.4, 0.5) is 0 Å². The molecule has 184 valence electrons. The number of aliphatic hydroxyl groups is 1. The summed E-state index contributed by atoms with van der Waals surface area (Å²) in [6, 6.07) is 5.94. The zero-order valence-electron chi connectivity index (χ0n) is 21.0. The number of nitrogens with two attached hydrogens (primary N) is 1. The molecule has 6 heteroatoms. The number of carbonyl (C=O) groups excluding carboxylic acids is 1.